The number of hydrogen-bond acceptors (Lipinski definition) is 2. The zero-order chi connectivity index (χ0) is 16.7. The van der Waals surface area contributed by atoms with Gasteiger partial charge in [0.2, 0.25) is 5.91 Å². The number of rotatable bonds is 3. The monoisotopic (exact) mass is 317 g/mol. The number of nitrogens with one attached hydrogen (secondary N) is 2. The zero-order valence-corrected chi connectivity index (χ0v) is 13.8. The zero-order valence-electron chi connectivity index (χ0n) is 13.8. The Labute approximate surface area is 140 Å². The van der Waals surface area contributed by atoms with Crippen LogP contribution in [0.2, 0.25) is 0 Å². The number of H-pyrrole nitrogens is 1. The van der Waals surface area contributed by atoms with Crippen molar-refractivity contribution in [3.63, 3.8) is 0 Å². The summed E-state index contributed by atoms with van der Waals surface area (Å²) in [4.78, 5) is 11.8. The summed E-state index contributed by atoms with van der Waals surface area (Å²) >= 11 is 0. The standard InChI is InChI=1S/C20H19N3O/c1-12(2)20(24)21-15-9-7-13(8-10-15)18-17-11-14-5-3-4-6-16(14)19(17)23-22-18/h3-10,12H,11H2,1-2H3,(H,21,24)(H,22,23). The van der Waals surface area contributed by atoms with E-state index in [4.69, 9.17) is 0 Å². The lowest BCUT2D eigenvalue weighted by Crippen LogP contribution is -2.17. The van der Waals surface area contributed by atoms with E-state index < -0.39 is 0 Å². The highest BCUT2D eigenvalue weighted by Gasteiger charge is 2.24. The van der Waals surface area contributed by atoms with Crippen molar-refractivity contribution in [1.29, 1.82) is 0 Å². The maximum Gasteiger partial charge on any atom is 0.226 e. The minimum absolute atomic E-state index is 0.0267. The van der Waals surface area contributed by atoms with Crippen LogP contribution in [0.1, 0.15) is 25.0 Å². The maximum atomic E-state index is 11.8. The molecule has 0 aliphatic heterocycles. The second-order valence-electron chi connectivity index (χ2n) is 6.48. The van der Waals surface area contributed by atoms with Gasteiger partial charge < -0.3 is 5.32 Å². The average Bonchev–Trinajstić information content (AvgIpc) is 3.14. The summed E-state index contributed by atoms with van der Waals surface area (Å²) in [5, 5.41) is 10.6. The number of aromatic nitrogens is 2. The molecule has 4 rings (SSSR count). The second kappa shape index (κ2) is 5.64. The lowest BCUT2D eigenvalue weighted by Gasteiger charge is -2.08. The van der Waals surface area contributed by atoms with E-state index in [0.29, 0.717) is 0 Å². The number of benzene rings is 2. The van der Waals surface area contributed by atoms with Gasteiger partial charge in [0.25, 0.3) is 0 Å². The fraction of sp³-hybridized carbons (Fsp3) is 0.200. The van der Waals surface area contributed by atoms with E-state index >= 15 is 0 Å². The Morgan fingerprint density at radius 1 is 1.12 bits per heavy atom. The molecule has 4 nitrogen and oxygen atoms in total. The molecule has 1 heterocycles. The van der Waals surface area contributed by atoms with Gasteiger partial charge >= 0.3 is 0 Å². The van der Waals surface area contributed by atoms with Crippen LogP contribution in [0.4, 0.5) is 5.69 Å². The fourth-order valence-corrected chi connectivity index (χ4v) is 3.11. The van der Waals surface area contributed by atoms with E-state index in [1.165, 1.54) is 16.7 Å². The van der Waals surface area contributed by atoms with Crippen molar-refractivity contribution < 1.29 is 4.79 Å². The molecule has 0 unspecified atom stereocenters. The van der Waals surface area contributed by atoms with Crippen molar-refractivity contribution in [2.45, 2.75) is 20.3 Å². The molecule has 1 aliphatic carbocycles. The lowest BCUT2D eigenvalue weighted by molar-refractivity contribution is -0.118. The topological polar surface area (TPSA) is 57.8 Å². The third kappa shape index (κ3) is 2.40. The molecule has 1 amide bonds. The third-order valence-corrected chi connectivity index (χ3v) is 4.47. The molecular formula is C20H19N3O. The maximum absolute atomic E-state index is 11.8. The molecule has 120 valence electrons. The lowest BCUT2D eigenvalue weighted by atomic mass is 10.0. The highest BCUT2D eigenvalue weighted by Crippen LogP contribution is 2.39. The van der Waals surface area contributed by atoms with Crippen LogP contribution in [0.3, 0.4) is 0 Å². The van der Waals surface area contributed by atoms with E-state index in [2.05, 4.69) is 39.8 Å². The molecule has 2 N–H and O–H groups in total. The summed E-state index contributed by atoms with van der Waals surface area (Å²) < 4.78 is 0. The molecule has 1 aliphatic rings. The van der Waals surface area contributed by atoms with Crippen LogP contribution in [0, 0.1) is 5.92 Å². The van der Waals surface area contributed by atoms with E-state index in [-0.39, 0.29) is 11.8 Å². The van der Waals surface area contributed by atoms with Gasteiger partial charge in [-0.25, -0.2) is 0 Å². The van der Waals surface area contributed by atoms with Crippen molar-refractivity contribution in [1.82, 2.24) is 10.2 Å². The average molecular weight is 317 g/mol. The van der Waals surface area contributed by atoms with Gasteiger partial charge in [0.05, 0.1) is 11.4 Å². The summed E-state index contributed by atoms with van der Waals surface area (Å²) in [5.74, 6) is -0.00310. The summed E-state index contributed by atoms with van der Waals surface area (Å²) in [5.41, 5.74) is 7.81. The molecule has 0 fully saturated rings. The predicted molar refractivity (Wildman–Crippen MR) is 95.7 cm³/mol. The number of fused-ring (bicyclic) bond motifs is 3. The number of anilines is 1. The summed E-state index contributed by atoms with van der Waals surface area (Å²) in [6.07, 6.45) is 0.906. The quantitative estimate of drug-likeness (QED) is 0.593. The Morgan fingerprint density at radius 2 is 1.88 bits per heavy atom. The van der Waals surface area contributed by atoms with Gasteiger partial charge in [-0.05, 0) is 17.7 Å². The van der Waals surface area contributed by atoms with Crippen LogP contribution in [0.25, 0.3) is 22.5 Å². The Morgan fingerprint density at radius 3 is 2.62 bits per heavy atom. The SMILES string of the molecule is CC(C)C(=O)Nc1ccc(-c2n[nH]c3c2Cc2ccccc2-3)cc1. The highest BCUT2D eigenvalue weighted by molar-refractivity contribution is 5.92. The van der Waals surface area contributed by atoms with Crippen LogP contribution in [-0.4, -0.2) is 16.1 Å². The molecule has 0 saturated heterocycles. The first-order valence-corrected chi connectivity index (χ1v) is 8.20. The summed E-state index contributed by atoms with van der Waals surface area (Å²) in [7, 11) is 0. The van der Waals surface area contributed by atoms with E-state index in [1.807, 2.05) is 38.1 Å². The normalized spacial score (nSPS) is 12.1. The molecule has 24 heavy (non-hydrogen) atoms. The van der Waals surface area contributed by atoms with E-state index in [0.717, 1.165) is 29.1 Å². The van der Waals surface area contributed by atoms with Gasteiger partial charge in [-0.15, -0.1) is 0 Å². The first kappa shape index (κ1) is 14.7. The van der Waals surface area contributed by atoms with Crippen molar-refractivity contribution in [3.05, 3.63) is 59.7 Å². The Balaban J connectivity index is 1.62. The van der Waals surface area contributed by atoms with Crippen LogP contribution in [-0.2, 0) is 11.2 Å². The Hall–Kier alpha value is -2.88. The summed E-state index contributed by atoms with van der Waals surface area (Å²) in [6, 6.07) is 16.3. The van der Waals surface area contributed by atoms with Crippen molar-refractivity contribution >= 4 is 11.6 Å². The number of hydrogen-bond donors (Lipinski definition) is 2. The molecule has 3 aromatic rings. The van der Waals surface area contributed by atoms with Gasteiger partial charge in [0, 0.05) is 34.7 Å². The van der Waals surface area contributed by atoms with Gasteiger partial charge in [0.1, 0.15) is 0 Å². The fourth-order valence-electron chi connectivity index (χ4n) is 3.11. The van der Waals surface area contributed by atoms with Crippen LogP contribution in [0.5, 0.6) is 0 Å². The van der Waals surface area contributed by atoms with Crippen LogP contribution < -0.4 is 5.32 Å². The van der Waals surface area contributed by atoms with Crippen molar-refractivity contribution in [3.8, 4) is 22.5 Å². The molecular weight excluding hydrogens is 298 g/mol. The molecule has 0 atom stereocenters. The number of nitrogens with zero attached hydrogens (tertiary/aromatic N) is 1. The molecule has 1 aromatic heterocycles. The largest absolute Gasteiger partial charge is 0.326 e. The van der Waals surface area contributed by atoms with E-state index in [1.54, 1.807) is 0 Å². The van der Waals surface area contributed by atoms with Crippen molar-refractivity contribution in [2.75, 3.05) is 5.32 Å². The number of amides is 1. The minimum Gasteiger partial charge on any atom is -0.326 e. The van der Waals surface area contributed by atoms with Gasteiger partial charge in [0.15, 0.2) is 0 Å². The van der Waals surface area contributed by atoms with Gasteiger partial charge in [-0.3, -0.25) is 9.89 Å². The molecule has 2 aromatic carbocycles. The number of carbonyl (C=O) groups excluding carboxylic acids is 1. The summed E-state index contributed by atoms with van der Waals surface area (Å²) in [6.45, 7) is 3.77. The number of carbonyl (C=O) groups is 1. The second-order valence-corrected chi connectivity index (χ2v) is 6.48. The first-order valence-electron chi connectivity index (χ1n) is 8.20. The Bertz CT molecular complexity index is 907. The molecule has 0 bridgehead atoms. The van der Waals surface area contributed by atoms with Crippen molar-refractivity contribution in [2.24, 2.45) is 5.92 Å². The molecule has 0 saturated carbocycles. The predicted octanol–water partition coefficient (Wildman–Crippen LogP) is 4.24. The molecule has 0 spiro atoms. The highest BCUT2D eigenvalue weighted by atomic mass is 16.1. The third-order valence-electron chi connectivity index (χ3n) is 4.47. The Kier molecular flexibility index (Phi) is 3.45. The molecule has 0 radical (unpaired) electrons. The van der Waals surface area contributed by atoms with Gasteiger partial charge in [-0.2, -0.15) is 5.10 Å². The van der Waals surface area contributed by atoms with Crippen LogP contribution >= 0.6 is 0 Å². The minimum atomic E-state index is -0.0298. The molecule has 4 heteroatoms. The van der Waals surface area contributed by atoms with Crippen LogP contribution in [0.15, 0.2) is 48.5 Å². The number of aromatic amines is 1. The van der Waals surface area contributed by atoms with Gasteiger partial charge in [-0.1, -0.05) is 50.2 Å². The first-order chi connectivity index (χ1) is 11.6. The van der Waals surface area contributed by atoms with E-state index in [9.17, 15) is 4.79 Å². The smallest absolute Gasteiger partial charge is 0.226 e.